The van der Waals surface area contributed by atoms with Gasteiger partial charge in [0.1, 0.15) is 11.5 Å². The first-order valence-electron chi connectivity index (χ1n) is 9.62. The maximum absolute atomic E-state index is 12.9. The Bertz CT molecular complexity index is 1340. The predicted octanol–water partition coefficient (Wildman–Crippen LogP) is 3.87. The Morgan fingerprint density at radius 1 is 0.903 bits per heavy atom. The molecular weight excluding hydrogens is 394 g/mol. The van der Waals surface area contributed by atoms with Gasteiger partial charge in [0, 0.05) is 18.0 Å². The van der Waals surface area contributed by atoms with Crippen LogP contribution < -0.4 is 20.3 Å². The number of amides is 1. The largest absolute Gasteiger partial charge is 0.496 e. The highest BCUT2D eigenvalue weighted by Gasteiger charge is 2.17. The van der Waals surface area contributed by atoms with Crippen molar-refractivity contribution in [1.82, 2.24) is 9.78 Å². The Hall–Kier alpha value is -4.13. The quantitative estimate of drug-likeness (QED) is 0.535. The third kappa shape index (κ3) is 3.73. The van der Waals surface area contributed by atoms with Gasteiger partial charge < -0.3 is 14.8 Å². The van der Waals surface area contributed by atoms with Crippen molar-refractivity contribution in [3.8, 4) is 22.8 Å². The lowest BCUT2D eigenvalue weighted by Gasteiger charge is -2.14. The van der Waals surface area contributed by atoms with Gasteiger partial charge in [-0.05, 0) is 36.4 Å². The molecule has 0 aliphatic carbocycles. The van der Waals surface area contributed by atoms with Gasteiger partial charge in [0.2, 0.25) is 0 Å². The van der Waals surface area contributed by atoms with Crippen molar-refractivity contribution < 1.29 is 14.3 Å². The minimum Gasteiger partial charge on any atom is -0.496 e. The van der Waals surface area contributed by atoms with Crippen molar-refractivity contribution in [3.63, 3.8) is 0 Å². The summed E-state index contributed by atoms with van der Waals surface area (Å²) in [5.74, 6) is 0.646. The zero-order valence-electron chi connectivity index (χ0n) is 17.4. The standard InChI is InChI=1S/C24H21N3O4/c1-27-24(29)17-9-5-4-8-16(17)22(26-27)15-12-13-21(31-3)19(14-15)25-23(28)18-10-6-7-11-20(18)30-2/h4-14H,1-3H3,(H,25,28). The Morgan fingerprint density at radius 2 is 1.58 bits per heavy atom. The van der Waals surface area contributed by atoms with Crippen molar-refractivity contribution in [1.29, 1.82) is 0 Å². The molecule has 0 bridgehead atoms. The summed E-state index contributed by atoms with van der Waals surface area (Å²) < 4.78 is 12.0. The summed E-state index contributed by atoms with van der Waals surface area (Å²) in [5.41, 5.74) is 2.09. The van der Waals surface area contributed by atoms with E-state index in [-0.39, 0.29) is 11.5 Å². The minimum absolute atomic E-state index is 0.169. The van der Waals surface area contributed by atoms with Gasteiger partial charge in [-0.25, -0.2) is 4.68 Å². The average molecular weight is 415 g/mol. The smallest absolute Gasteiger partial charge is 0.274 e. The highest BCUT2D eigenvalue weighted by molar-refractivity contribution is 6.07. The first-order chi connectivity index (χ1) is 15.0. The van der Waals surface area contributed by atoms with Crippen LogP contribution in [0.3, 0.4) is 0 Å². The molecule has 1 aromatic heterocycles. The van der Waals surface area contributed by atoms with Crippen molar-refractivity contribution in [3.05, 3.63) is 82.6 Å². The number of ether oxygens (including phenoxy) is 2. The van der Waals surface area contributed by atoms with E-state index in [1.54, 1.807) is 49.5 Å². The van der Waals surface area contributed by atoms with Crippen molar-refractivity contribution in [2.24, 2.45) is 7.05 Å². The molecular formula is C24H21N3O4. The molecule has 1 heterocycles. The van der Waals surface area contributed by atoms with E-state index in [0.717, 1.165) is 10.9 Å². The molecule has 1 amide bonds. The number of carbonyl (C=O) groups excluding carboxylic acids is 1. The molecule has 0 aliphatic heterocycles. The molecule has 7 nitrogen and oxygen atoms in total. The summed E-state index contributed by atoms with van der Waals surface area (Å²) in [6.07, 6.45) is 0. The second kappa shape index (κ2) is 8.31. The summed E-state index contributed by atoms with van der Waals surface area (Å²) in [6, 6.07) is 19.7. The molecule has 7 heteroatoms. The monoisotopic (exact) mass is 415 g/mol. The van der Waals surface area contributed by atoms with Gasteiger partial charge in [-0.1, -0.05) is 30.3 Å². The molecule has 0 saturated carbocycles. The van der Waals surface area contributed by atoms with Crippen molar-refractivity contribution >= 4 is 22.4 Å². The Labute approximate surface area is 178 Å². The number of benzene rings is 3. The van der Waals surface area contributed by atoms with Gasteiger partial charge in [-0.15, -0.1) is 0 Å². The number of fused-ring (bicyclic) bond motifs is 1. The Morgan fingerprint density at radius 3 is 2.32 bits per heavy atom. The number of methoxy groups -OCH3 is 2. The maximum Gasteiger partial charge on any atom is 0.274 e. The van der Waals surface area contributed by atoms with E-state index in [9.17, 15) is 9.59 Å². The molecule has 0 radical (unpaired) electrons. The zero-order chi connectivity index (χ0) is 22.0. The van der Waals surface area contributed by atoms with Crippen LogP contribution in [0.15, 0.2) is 71.5 Å². The highest BCUT2D eigenvalue weighted by atomic mass is 16.5. The van der Waals surface area contributed by atoms with E-state index in [0.29, 0.717) is 33.8 Å². The number of rotatable bonds is 5. The molecule has 0 spiro atoms. The maximum atomic E-state index is 12.9. The average Bonchev–Trinajstić information content (AvgIpc) is 2.81. The van der Waals surface area contributed by atoms with Crippen LogP contribution in [-0.4, -0.2) is 29.9 Å². The van der Waals surface area contributed by atoms with Crippen LogP contribution in [0.5, 0.6) is 11.5 Å². The molecule has 4 aromatic rings. The third-order valence-electron chi connectivity index (χ3n) is 5.03. The summed E-state index contributed by atoms with van der Waals surface area (Å²) >= 11 is 0. The first-order valence-corrected chi connectivity index (χ1v) is 9.62. The first kappa shape index (κ1) is 20.2. The van der Waals surface area contributed by atoms with E-state index < -0.39 is 0 Å². The second-order valence-corrected chi connectivity index (χ2v) is 6.89. The number of aryl methyl sites for hydroxylation is 1. The van der Waals surface area contributed by atoms with Crippen LogP contribution in [0.4, 0.5) is 5.69 Å². The lowest BCUT2D eigenvalue weighted by Crippen LogP contribution is -2.20. The number of nitrogens with one attached hydrogen (secondary N) is 1. The topological polar surface area (TPSA) is 82.5 Å². The van der Waals surface area contributed by atoms with Crippen LogP contribution >= 0.6 is 0 Å². The van der Waals surface area contributed by atoms with Crippen molar-refractivity contribution in [2.45, 2.75) is 0 Å². The summed E-state index contributed by atoms with van der Waals surface area (Å²) in [4.78, 5) is 25.4. The third-order valence-corrected chi connectivity index (χ3v) is 5.03. The minimum atomic E-state index is -0.328. The molecule has 156 valence electrons. The highest BCUT2D eigenvalue weighted by Crippen LogP contribution is 2.33. The molecule has 31 heavy (non-hydrogen) atoms. The van der Waals surface area contributed by atoms with E-state index >= 15 is 0 Å². The zero-order valence-corrected chi connectivity index (χ0v) is 17.4. The van der Waals surface area contributed by atoms with Gasteiger partial charge in [-0.3, -0.25) is 9.59 Å². The number of para-hydroxylation sites is 1. The van der Waals surface area contributed by atoms with Gasteiger partial charge in [0.05, 0.1) is 36.6 Å². The van der Waals surface area contributed by atoms with Crippen LogP contribution in [0.1, 0.15) is 10.4 Å². The number of anilines is 1. The Balaban J connectivity index is 1.81. The summed E-state index contributed by atoms with van der Waals surface area (Å²) in [5, 5.41) is 8.67. The van der Waals surface area contributed by atoms with Crippen LogP contribution in [0, 0.1) is 0 Å². The molecule has 1 N–H and O–H groups in total. The van der Waals surface area contributed by atoms with Crippen LogP contribution in [0.25, 0.3) is 22.0 Å². The van der Waals surface area contributed by atoms with Gasteiger partial charge in [0.15, 0.2) is 0 Å². The second-order valence-electron chi connectivity index (χ2n) is 6.89. The van der Waals surface area contributed by atoms with Crippen LogP contribution in [0.2, 0.25) is 0 Å². The number of hydrogen-bond donors (Lipinski definition) is 1. The molecule has 0 unspecified atom stereocenters. The molecule has 0 aliphatic rings. The fourth-order valence-electron chi connectivity index (χ4n) is 3.49. The number of aromatic nitrogens is 2. The van der Waals surface area contributed by atoms with E-state index in [1.807, 2.05) is 24.3 Å². The molecule has 0 fully saturated rings. The fourth-order valence-corrected chi connectivity index (χ4v) is 3.49. The summed E-state index contributed by atoms with van der Waals surface area (Å²) in [6.45, 7) is 0. The van der Waals surface area contributed by atoms with E-state index in [2.05, 4.69) is 10.4 Å². The number of nitrogens with zero attached hydrogens (tertiary/aromatic N) is 2. The predicted molar refractivity (Wildman–Crippen MR) is 120 cm³/mol. The SMILES string of the molecule is COc1ccc(-c2nn(C)c(=O)c3ccccc23)cc1NC(=O)c1ccccc1OC. The molecule has 0 atom stereocenters. The van der Waals surface area contributed by atoms with Gasteiger partial charge >= 0.3 is 0 Å². The lowest BCUT2D eigenvalue weighted by molar-refractivity contribution is 0.102. The van der Waals surface area contributed by atoms with E-state index in [4.69, 9.17) is 9.47 Å². The van der Waals surface area contributed by atoms with Gasteiger partial charge in [0.25, 0.3) is 11.5 Å². The fraction of sp³-hybridized carbons (Fsp3) is 0.125. The summed E-state index contributed by atoms with van der Waals surface area (Å²) in [7, 11) is 4.67. The lowest BCUT2D eigenvalue weighted by atomic mass is 10.0. The van der Waals surface area contributed by atoms with Gasteiger partial charge in [-0.2, -0.15) is 5.10 Å². The Kier molecular flexibility index (Phi) is 5.41. The number of hydrogen-bond acceptors (Lipinski definition) is 5. The van der Waals surface area contributed by atoms with Crippen LogP contribution in [-0.2, 0) is 7.05 Å². The molecule has 0 saturated heterocycles. The molecule has 3 aromatic carbocycles. The molecule has 4 rings (SSSR count). The van der Waals surface area contributed by atoms with E-state index in [1.165, 1.54) is 18.9 Å². The van der Waals surface area contributed by atoms with Crippen molar-refractivity contribution in [2.75, 3.05) is 19.5 Å². The number of carbonyl (C=O) groups is 1. The normalized spacial score (nSPS) is 10.7.